The van der Waals surface area contributed by atoms with Crippen LogP contribution in [0.2, 0.25) is 0 Å². The zero-order valence-corrected chi connectivity index (χ0v) is 8.17. The highest BCUT2D eigenvalue weighted by molar-refractivity contribution is 8.93. The standard InChI is InChI=1S/C7H7F3N2.BrH/c8-7(9,10)12(11)6-4-2-1-3-5-6;/h1-5H,11H2;1H. The molecule has 1 aromatic rings. The summed E-state index contributed by atoms with van der Waals surface area (Å²) >= 11 is 0. The summed E-state index contributed by atoms with van der Waals surface area (Å²) in [6.07, 6.45) is -4.53. The van der Waals surface area contributed by atoms with Crippen LogP contribution in [-0.2, 0) is 0 Å². The zero-order valence-electron chi connectivity index (χ0n) is 6.45. The molecule has 1 aromatic carbocycles. The largest absolute Gasteiger partial charge is 0.498 e. The molecule has 0 saturated carbocycles. The van der Waals surface area contributed by atoms with Crippen molar-refractivity contribution in [2.75, 3.05) is 5.01 Å². The summed E-state index contributed by atoms with van der Waals surface area (Å²) in [6.45, 7) is 0. The Hall–Kier alpha value is -0.750. The number of nitrogens with two attached hydrogens (primary N) is 1. The lowest BCUT2D eigenvalue weighted by Crippen LogP contribution is -2.43. The molecule has 0 radical (unpaired) electrons. The molecule has 0 unspecified atom stereocenters. The summed E-state index contributed by atoms with van der Waals surface area (Å²) in [5.74, 6) is 4.78. The Kier molecular flexibility index (Phi) is 4.22. The van der Waals surface area contributed by atoms with E-state index in [0.29, 0.717) is 0 Å². The van der Waals surface area contributed by atoms with Crippen LogP contribution in [-0.4, -0.2) is 6.30 Å². The number of anilines is 1. The summed E-state index contributed by atoms with van der Waals surface area (Å²) in [7, 11) is 0. The molecule has 0 aliphatic heterocycles. The highest BCUT2D eigenvalue weighted by Crippen LogP contribution is 2.23. The van der Waals surface area contributed by atoms with Crippen molar-refractivity contribution in [1.82, 2.24) is 0 Å². The van der Waals surface area contributed by atoms with Crippen molar-refractivity contribution in [3.05, 3.63) is 30.3 Å². The van der Waals surface area contributed by atoms with Gasteiger partial charge in [-0.2, -0.15) is 0 Å². The molecule has 13 heavy (non-hydrogen) atoms. The molecule has 0 bridgehead atoms. The molecule has 0 aromatic heterocycles. The molecule has 1 rings (SSSR count). The van der Waals surface area contributed by atoms with Crippen LogP contribution in [0.5, 0.6) is 0 Å². The van der Waals surface area contributed by atoms with Gasteiger partial charge in [0.25, 0.3) is 0 Å². The van der Waals surface area contributed by atoms with E-state index in [1.807, 2.05) is 0 Å². The average Bonchev–Trinajstić information content (AvgIpc) is 2.03. The summed E-state index contributed by atoms with van der Waals surface area (Å²) in [4.78, 5) is 0. The summed E-state index contributed by atoms with van der Waals surface area (Å²) in [5, 5.41) is -0.229. The minimum atomic E-state index is -4.53. The van der Waals surface area contributed by atoms with Gasteiger partial charge in [-0.15, -0.1) is 30.2 Å². The van der Waals surface area contributed by atoms with Gasteiger partial charge in [0, 0.05) is 0 Å². The first-order chi connectivity index (χ1) is 5.52. The van der Waals surface area contributed by atoms with Gasteiger partial charge in [0.2, 0.25) is 0 Å². The summed E-state index contributed by atoms with van der Waals surface area (Å²) < 4.78 is 35.8. The third kappa shape index (κ3) is 3.23. The third-order valence-electron chi connectivity index (χ3n) is 1.31. The smallest absolute Gasteiger partial charge is 0.240 e. The first-order valence-electron chi connectivity index (χ1n) is 3.18. The van der Waals surface area contributed by atoms with E-state index in [9.17, 15) is 13.2 Å². The number of rotatable bonds is 1. The van der Waals surface area contributed by atoms with Crippen molar-refractivity contribution in [3.63, 3.8) is 0 Å². The van der Waals surface area contributed by atoms with E-state index in [2.05, 4.69) is 0 Å². The van der Waals surface area contributed by atoms with Crippen LogP contribution in [0.15, 0.2) is 30.3 Å². The van der Waals surface area contributed by atoms with Gasteiger partial charge >= 0.3 is 6.30 Å². The average molecular weight is 257 g/mol. The molecule has 0 aliphatic carbocycles. The Morgan fingerprint density at radius 2 is 1.54 bits per heavy atom. The lowest BCUT2D eigenvalue weighted by atomic mass is 10.3. The normalized spacial score (nSPS) is 10.5. The Bertz CT molecular complexity index is 250. The van der Waals surface area contributed by atoms with Gasteiger partial charge in [0.05, 0.1) is 5.69 Å². The number of hydrogen-bond acceptors (Lipinski definition) is 2. The van der Waals surface area contributed by atoms with Crippen LogP contribution < -0.4 is 10.9 Å². The number of hydrazine groups is 1. The SMILES string of the molecule is Br.NN(c1ccccc1)C(F)(F)F. The van der Waals surface area contributed by atoms with Crippen molar-refractivity contribution in [3.8, 4) is 0 Å². The minimum absolute atomic E-state index is 0. The second-order valence-corrected chi connectivity index (χ2v) is 2.17. The lowest BCUT2D eigenvalue weighted by Gasteiger charge is -2.20. The Morgan fingerprint density at radius 3 is 1.92 bits per heavy atom. The highest BCUT2D eigenvalue weighted by Gasteiger charge is 2.35. The topological polar surface area (TPSA) is 29.3 Å². The van der Waals surface area contributed by atoms with Crippen LogP contribution in [0.1, 0.15) is 0 Å². The van der Waals surface area contributed by atoms with E-state index in [1.54, 1.807) is 6.07 Å². The molecule has 0 spiro atoms. The van der Waals surface area contributed by atoms with E-state index >= 15 is 0 Å². The van der Waals surface area contributed by atoms with E-state index in [1.165, 1.54) is 24.3 Å². The zero-order chi connectivity index (χ0) is 9.19. The Balaban J connectivity index is 0.00000144. The first kappa shape index (κ1) is 12.2. The Morgan fingerprint density at radius 1 is 1.08 bits per heavy atom. The number of halogens is 4. The first-order valence-corrected chi connectivity index (χ1v) is 3.18. The Labute approximate surface area is 83.9 Å². The minimum Gasteiger partial charge on any atom is -0.240 e. The predicted octanol–water partition coefficient (Wildman–Crippen LogP) is 2.46. The molecule has 74 valence electrons. The molecule has 0 heterocycles. The maximum Gasteiger partial charge on any atom is 0.498 e. The fourth-order valence-corrected chi connectivity index (χ4v) is 0.735. The molecule has 0 saturated heterocycles. The maximum atomic E-state index is 11.9. The van der Waals surface area contributed by atoms with E-state index in [-0.39, 0.29) is 27.7 Å². The van der Waals surface area contributed by atoms with Crippen LogP contribution in [0.4, 0.5) is 18.9 Å². The molecule has 0 atom stereocenters. The van der Waals surface area contributed by atoms with Crippen LogP contribution in [0, 0.1) is 0 Å². The molecule has 6 heteroatoms. The third-order valence-corrected chi connectivity index (χ3v) is 1.31. The van der Waals surface area contributed by atoms with Crippen LogP contribution >= 0.6 is 17.0 Å². The van der Waals surface area contributed by atoms with Gasteiger partial charge in [-0.1, -0.05) is 18.2 Å². The van der Waals surface area contributed by atoms with Crippen LogP contribution in [0.25, 0.3) is 0 Å². The molecule has 0 fully saturated rings. The van der Waals surface area contributed by atoms with Crippen molar-refractivity contribution in [1.29, 1.82) is 0 Å². The monoisotopic (exact) mass is 256 g/mol. The fourth-order valence-electron chi connectivity index (χ4n) is 0.735. The molecule has 2 nitrogen and oxygen atoms in total. The summed E-state index contributed by atoms with van der Waals surface area (Å²) in [6, 6.07) is 7.16. The summed E-state index contributed by atoms with van der Waals surface area (Å²) in [5.41, 5.74) is -0.0787. The van der Waals surface area contributed by atoms with Gasteiger partial charge in [0.15, 0.2) is 0 Å². The van der Waals surface area contributed by atoms with Crippen LogP contribution in [0.3, 0.4) is 0 Å². The lowest BCUT2D eigenvalue weighted by molar-refractivity contribution is -0.129. The van der Waals surface area contributed by atoms with E-state index in [4.69, 9.17) is 5.84 Å². The highest BCUT2D eigenvalue weighted by atomic mass is 79.9. The number of hydrogen-bond donors (Lipinski definition) is 1. The van der Waals surface area contributed by atoms with E-state index < -0.39 is 6.30 Å². The van der Waals surface area contributed by atoms with Gasteiger partial charge in [-0.3, -0.25) is 0 Å². The van der Waals surface area contributed by atoms with Crippen molar-refractivity contribution in [2.24, 2.45) is 5.84 Å². The fraction of sp³-hybridized carbons (Fsp3) is 0.143. The van der Waals surface area contributed by atoms with Crippen molar-refractivity contribution < 1.29 is 13.2 Å². The molecular weight excluding hydrogens is 249 g/mol. The van der Waals surface area contributed by atoms with Gasteiger partial charge in [0.1, 0.15) is 0 Å². The second-order valence-electron chi connectivity index (χ2n) is 2.17. The van der Waals surface area contributed by atoms with Gasteiger partial charge in [-0.25, -0.2) is 10.9 Å². The second kappa shape index (κ2) is 4.48. The number of nitrogens with zero attached hydrogens (tertiary/aromatic N) is 1. The van der Waals surface area contributed by atoms with Gasteiger partial charge < -0.3 is 0 Å². The quantitative estimate of drug-likeness (QED) is 0.475. The molecule has 0 aliphatic rings. The number of benzene rings is 1. The predicted molar refractivity (Wildman–Crippen MR) is 49.5 cm³/mol. The van der Waals surface area contributed by atoms with Crippen molar-refractivity contribution >= 4 is 22.7 Å². The van der Waals surface area contributed by atoms with E-state index in [0.717, 1.165) is 0 Å². The molecule has 0 amide bonds. The number of alkyl halides is 3. The number of para-hydroxylation sites is 1. The maximum absolute atomic E-state index is 11.9. The molecular formula is C7H8BrF3N2. The molecule has 2 N–H and O–H groups in total. The van der Waals surface area contributed by atoms with Crippen molar-refractivity contribution in [2.45, 2.75) is 6.30 Å². The van der Waals surface area contributed by atoms with Gasteiger partial charge in [-0.05, 0) is 12.1 Å².